The van der Waals surface area contributed by atoms with Crippen LogP contribution in [0.1, 0.15) is 19.8 Å². The average Bonchev–Trinajstić information content (AvgIpc) is 2.47. The first kappa shape index (κ1) is 16.4. The van der Waals surface area contributed by atoms with Crippen molar-refractivity contribution in [3.05, 3.63) is 47.8 Å². The fraction of sp³-hybridized carbons (Fsp3) is 0.471. The van der Waals surface area contributed by atoms with Crippen LogP contribution in [0.4, 0.5) is 0 Å². The molecular formula is C17H26N2O. The van der Waals surface area contributed by atoms with E-state index in [1.165, 1.54) is 0 Å². The summed E-state index contributed by atoms with van der Waals surface area (Å²) in [7, 11) is 3.74. The third-order valence-corrected chi connectivity index (χ3v) is 3.55. The summed E-state index contributed by atoms with van der Waals surface area (Å²) in [6.45, 7) is 11.9. The van der Waals surface area contributed by atoms with Crippen molar-refractivity contribution in [2.45, 2.75) is 19.8 Å². The van der Waals surface area contributed by atoms with Gasteiger partial charge >= 0.3 is 0 Å². The standard InChI is InChI=1S/C17H26N2O/c1-6-14(8-10-18-4)13(3)17-16(7-2)15(12-19-5)9-11-20-17/h7-8,10,15,19H,2-3,6,9,11-12H2,1,4-5H3/b14-8+,18-10?. The Kier molecular flexibility index (Phi) is 7.02. The van der Waals surface area contributed by atoms with Crippen molar-refractivity contribution < 1.29 is 4.74 Å². The Morgan fingerprint density at radius 2 is 2.30 bits per heavy atom. The molecule has 1 aliphatic heterocycles. The molecule has 1 atom stereocenters. The lowest BCUT2D eigenvalue weighted by molar-refractivity contribution is 0.175. The van der Waals surface area contributed by atoms with Crippen molar-refractivity contribution in [3.63, 3.8) is 0 Å². The van der Waals surface area contributed by atoms with Crippen LogP contribution < -0.4 is 5.32 Å². The van der Waals surface area contributed by atoms with Gasteiger partial charge in [0, 0.05) is 31.3 Å². The summed E-state index contributed by atoms with van der Waals surface area (Å²) in [6.07, 6.45) is 7.62. The van der Waals surface area contributed by atoms with Gasteiger partial charge in [-0.15, -0.1) is 0 Å². The number of nitrogens with one attached hydrogen (secondary N) is 1. The molecule has 3 nitrogen and oxygen atoms in total. The van der Waals surface area contributed by atoms with E-state index in [1.54, 1.807) is 13.3 Å². The van der Waals surface area contributed by atoms with Crippen molar-refractivity contribution in [1.82, 2.24) is 5.32 Å². The molecule has 0 spiro atoms. The van der Waals surface area contributed by atoms with E-state index in [4.69, 9.17) is 4.74 Å². The van der Waals surface area contributed by atoms with Gasteiger partial charge in [-0.2, -0.15) is 0 Å². The van der Waals surface area contributed by atoms with Crippen LogP contribution >= 0.6 is 0 Å². The van der Waals surface area contributed by atoms with Gasteiger partial charge in [-0.1, -0.05) is 26.2 Å². The van der Waals surface area contributed by atoms with Gasteiger partial charge in [0.05, 0.1) is 6.61 Å². The number of allylic oxidation sites excluding steroid dienone is 3. The van der Waals surface area contributed by atoms with Gasteiger partial charge in [-0.05, 0) is 37.1 Å². The molecule has 1 N–H and O–H groups in total. The Balaban J connectivity index is 3.12. The highest BCUT2D eigenvalue weighted by molar-refractivity contribution is 5.74. The first-order chi connectivity index (χ1) is 9.69. The third-order valence-electron chi connectivity index (χ3n) is 3.55. The van der Waals surface area contributed by atoms with Crippen LogP contribution in [0.3, 0.4) is 0 Å². The average molecular weight is 274 g/mol. The first-order valence-electron chi connectivity index (χ1n) is 7.14. The molecule has 0 aromatic carbocycles. The van der Waals surface area contributed by atoms with Gasteiger partial charge in [0.25, 0.3) is 0 Å². The van der Waals surface area contributed by atoms with Gasteiger partial charge in [-0.25, -0.2) is 0 Å². The first-order valence-corrected chi connectivity index (χ1v) is 7.14. The molecule has 0 amide bonds. The number of aliphatic imine (C=N–C) groups is 1. The Labute approximate surface area is 122 Å². The van der Waals surface area contributed by atoms with Crippen molar-refractivity contribution in [2.75, 3.05) is 27.2 Å². The van der Waals surface area contributed by atoms with Crippen LogP contribution in [0.25, 0.3) is 0 Å². The zero-order chi connectivity index (χ0) is 15.0. The largest absolute Gasteiger partial charge is 0.493 e. The van der Waals surface area contributed by atoms with Gasteiger partial charge in [0.2, 0.25) is 0 Å². The number of hydrogen-bond acceptors (Lipinski definition) is 3. The molecule has 1 aliphatic rings. The molecule has 0 fully saturated rings. The lowest BCUT2D eigenvalue weighted by Gasteiger charge is -2.28. The topological polar surface area (TPSA) is 33.6 Å². The summed E-state index contributed by atoms with van der Waals surface area (Å²) in [4.78, 5) is 4.01. The second-order valence-corrected chi connectivity index (χ2v) is 4.81. The maximum Gasteiger partial charge on any atom is 0.129 e. The number of hydrogen-bond donors (Lipinski definition) is 1. The van der Waals surface area contributed by atoms with Crippen LogP contribution in [-0.4, -0.2) is 33.5 Å². The molecule has 0 saturated carbocycles. The van der Waals surface area contributed by atoms with E-state index in [9.17, 15) is 0 Å². The minimum atomic E-state index is 0.441. The summed E-state index contributed by atoms with van der Waals surface area (Å²) in [5, 5.41) is 3.24. The predicted molar refractivity (Wildman–Crippen MR) is 87.1 cm³/mol. The smallest absolute Gasteiger partial charge is 0.129 e. The van der Waals surface area contributed by atoms with Crippen LogP contribution in [0.5, 0.6) is 0 Å². The van der Waals surface area contributed by atoms with Crippen molar-refractivity contribution in [3.8, 4) is 0 Å². The molecule has 0 bridgehead atoms. The van der Waals surface area contributed by atoms with E-state index in [1.807, 2.05) is 19.2 Å². The van der Waals surface area contributed by atoms with Crippen LogP contribution in [0.15, 0.2) is 52.8 Å². The van der Waals surface area contributed by atoms with Gasteiger partial charge in [-0.3, -0.25) is 4.99 Å². The molecule has 110 valence electrons. The lowest BCUT2D eigenvalue weighted by Crippen LogP contribution is -2.26. The highest BCUT2D eigenvalue weighted by atomic mass is 16.5. The van der Waals surface area contributed by atoms with Gasteiger partial charge in [0.1, 0.15) is 5.76 Å². The Bertz CT molecular complexity index is 444. The van der Waals surface area contributed by atoms with E-state index in [0.717, 1.165) is 48.5 Å². The molecular weight excluding hydrogens is 248 g/mol. The molecule has 0 aromatic rings. The van der Waals surface area contributed by atoms with Crippen LogP contribution in [0.2, 0.25) is 0 Å². The molecule has 1 rings (SSSR count). The molecule has 1 unspecified atom stereocenters. The van der Waals surface area contributed by atoms with E-state index in [0.29, 0.717) is 5.92 Å². The quantitative estimate of drug-likeness (QED) is 0.571. The lowest BCUT2D eigenvalue weighted by atomic mass is 9.88. The van der Waals surface area contributed by atoms with Crippen molar-refractivity contribution in [2.24, 2.45) is 10.9 Å². The van der Waals surface area contributed by atoms with E-state index >= 15 is 0 Å². The Morgan fingerprint density at radius 1 is 1.55 bits per heavy atom. The summed E-state index contributed by atoms with van der Waals surface area (Å²) >= 11 is 0. The highest BCUT2D eigenvalue weighted by Crippen LogP contribution is 2.33. The summed E-state index contributed by atoms with van der Waals surface area (Å²) in [6, 6.07) is 0. The fourth-order valence-corrected chi connectivity index (χ4v) is 2.45. The molecule has 0 saturated heterocycles. The van der Waals surface area contributed by atoms with Gasteiger partial charge in [0.15, 0.2) is 0 Å². The number of rotatable bonds is 7. The summed E-state index contributed by atoms with van der Waals surface area (Å²) < 4.78 is 5.88. The molecule has 20 heavy (non-hydrogen) atoms. The third kappa shape index (κ3) is 3.94. The zero-order valence-electron chi connectivity index (χ0n) is 12.9. The maximum absolute atomic E-state index is 5.88. The molecule has 0 aliphatic carbocycles. The van der Waals surface area contributed by atoms with E-state index < -0.39 is 0 Å². The summed E-state index contributed by atoms with van der Waals surface area (Å²) in [5.41, 5.74) is 3.25. The maximum atomic E-state index is 5.88. The molecule has 3 heteroatoms. The molecule has 0 aromatic heterocycles. The van der Waals surface area contributed by atoms with Crippen molar-refractivity contribution in [1.29, 1.82) is 0 Å². The number of ether oxygens (including phenoxy) is 1. The minimum Gasteiger partial charge on any atom is -0.493 e. The van der Waals surface area contributed by atoms with Crippen LogP contribution in [-0.2, 0) is 4.74 Å². The zero-order valence-corrected chi connectivity index (χ0v) is 12.9. The van der Waals surface area contributed by atoms with Gasteiger partial charge < -0.3 is 10.1 Å². The normalized spacial score (nSPS) is 20.1. The second kappa shape index (κ2) is 8.54. The molecule has 0 radical (unpaired) electrons. The predicted octanol–water partition coefficient (Wildman–Crippen LogP) is 3.28. The Morgan fingerprint density at radius 3 is 2.85 bits per heavy atom. The fourth-order valence-electron chi connectivity index (χ4n) is 2.45. The SMILES string of the molecule is C=CC1=C(C(=C)/C(=C/C=NC)CC)OCCC1CNC. The van der Waals surface area contributed by atoms with Crippen LogP contribution in [0, 0.1) is 5.92 Å². The van der Waals surface area contributed by atoms with Crippen molar-refractivity contribution >= 4 is 6.21 Å². The molecule has 1 heterocycles. The van der Waals surface area contributed by atoms with E-state index in [2.05, 4.69) is 30.4 Å². The summed E-state index contributed by atoms with van der Waals surface area (Å²) in [5.74, 6) is 1.33. The van der Waals surface area contributed by atoms with E-state index in [-0.39, 0.29) is 0 Å². The monoisotopic (exact) mass is 274 g/mol. The Hall–Kier alpha value is -1.61. The number of nitrogens with zero attached hydrogens (tertiary/aromatic N) is 1. The second-order valence-electron chi connectivity index (χ2n) is 4.81. The highest BCUT2D eigenvalue weighted by Gasteiger charge is 2.24. The minimum absolute atomic E-state index is 0.441.